The molecule has 3 aromatic heterocycles. The molecule has 4 heteroatoms. The lowest BCUT2D eigenvalue weighted by atomic mass is 9.93. The van der Waals surface area contributed by atoms with Gasteiger partial charge < -0.3 is 4.57 Å². The topological polar surface area (TPSA) is 35.6 Å². The standard InChI is InChI=1S/C60H36N4/c1-3-13-40(14-4-1)59-46-22-8-7-21-45(46)48-36-56-50(35-52(48)61-59)49-34-42(29-32-54(49)63(56)44-19-5-2-6-20-44)41-17-12-18-43(33-41)60-62-51-23-9-10-24-55(51)64(60)53-31-28-39-26-25-37-15-11-16-38-27-30-47(53)58(39)57(37)38/h1-36H. The second-order valence-electron chi connectivity index (χ2n) is 16.9. The van der Waals surface area contributed by atoms with E-state index in [1.807, 2.05) is 0 Å². The van der Waals surface area contributed by atoms with Crippen molar-refractivity contribution in [1.29, 1.82) is 0 Å². The quantitative estimate of drug-likeness (QED) is 0.162. The number of aromatic nitrogens is 4. The number of hydrogen-bond donors (Lipinski definition) is 0. The summed E-state index contributed by atoms with van der Waals surface area (Å²) in [6.07, 6.45) is 0. The molecule has 0 atom stereocenters. The SMILES string of the molecule is c1ccc(-c2nc3cc4c5cc(-c6cccc(-c7nc8ccccc8n7-c7ccc8ccc9cccc%10ccc7c8c9%10)c6)ccc5n(-c5ccccc5)c4cc3c3ccccc23)cc1. The Morgan fingerprint density at radius 3 is 1.81 bits per heavy atom. The number of imidazole rings is 1. The fraction of sp³-hybridized carbons (Fsp3) is 0. The fourth-order valence-corrected chi connectivity index (χ4v) is 10.5. The summed E-state index contributed by atoms with van der Waals surface area (Å²) in [5.41, 5.74) is 13.0. The van der Waals surface area contributed by atoms with Gasteiger partial charge in [-0.2, -0.15) is 0 Å². The molecular weight excluding hydrogens is 777 g/mol. The Bertz CT molecular complexity index is 4160. The molecular formula is C60H36N4. The van der Waals surface area contributed by atoms with Crippen LogP contribution in [0.1, 0.15) is 0 Å². The highest BCUT2D eigenvalue weighted by molar-refractivity contribution is 6.25. The van der Waals surface area contributed by atoms with Crippen molar-refractivity contribution in [3.63, 3.8) is 0 Å². The third-order valence-corrected chi connectivity index (χ3v) is 13.4. The van der Waals surface area contributed by atoms with Gasteiger partial charge in [-0.05, 0) is 104 Å². The Morgan fingerprint density at radius 2 is 0.953 bits per heavy atom. The summed E-state index contributed by atoms with van der Waals surface area (Å²) in [4.78, 5) is 10.8. The molecule has 296 valence electrons. The van der Waals surface area contributed by atoms with Gasteiger partial charge in [-0.3, -0.25) is 4.57 Å². The van der Waals surface area contributed by atoms with Gasteiger partial charge in [-0.25, -0.2) is 9.97 Å². The van der Waals surface area contributed by atoms with Crippen LogP contribution in [0.4, 0.5) is 0 Å². The molecule has 0 aliphatic rings. The first-order valence-corrected chi connectivity index (χ1v) is 21.9. The van der Waals surface area contributed by atoms with Crippen LogP contribution in [0, 0.1) is 0 Å². The average molecular weight is 813 g/mol. The normalized spacial score (nSPS) is 12.1. The summed E-state index contributed by atoms with van der Waals surface area (Å²) in [5.74, 6) is 0.916. The molecule has 0 saturated heterocycles. The van der Waals surface area contributed by atoms with Gasteiger partial charge in [-0.15, -0.1) is 0 Å². The number of rotatable bonds is 5. The maximum atomic E-state index is 5.41. The molecule has 0 fully saturated rings. The lowest BCUT2D eigenvalue weighted by molar-refractivity contribution is 1.12. The Morgan fingerprint density at radius 1 is 0.297 bits per heavy atom. The van der Waals surface area contributed by atoms with Crippen molar-refractivity contribution >= 4 is 86.8 Å². The van der Waals surface area contributed by atoms with Gasteiger partial charge in [0.05, 0.1) is 39.0 Å². The van der Waals surface area contributed by atoms with Crippen molar-refractivity contribution < 1.29 is 0 Å². The number of pyridine rings is 1. The second-order valence-corrected chi connectivity index (χ2v) is 16.9. The summed E-state index contributed by atoms with van der Waals surface area (Å²) in [6.45, 7) is 0. The third kappa shape index (κ3) is 5.11. The third-order valence-electron chi connectivity index (χ3n) is 13.4. The van der Waals surface area contributed by atoms with E-state index < -0.39 is 0 Å². The number of para-hydroxylation sites is 3. The van der Waals surface area contributed by atoms with Gasteiger partial charge in [0.2, 0.25) is 0 Å². The molecule has 0 unspecified atom stereocenters. The van der Waals surface area contributed by atoms with Crippen LogP contribution in [0.2, 0.25) is 0 Å². The molecule has 0 spiro atoms. The van der Waals surface area contributed by atoms with Gasteiger partial charge in [0, 0.05) is 43.7 Å². The average Bonchev–Trinajstić information content (AvgIpc) is 3.91. The van der Waals surface area contributed by atoms with Gasteiger partial charge in [0.1, 0.15) is 5.82 Å². The van der Waals surface area contributed by atoms with E-state index in [2.05, 4.69) is 228 Å². The molecule has 0 amide bonds. The summed E-state index contributed by atoms with van der Waals surface area (Å²) < 4.78 is 4.77. The van der Waals surface area contributed by atoms with Crippen molar-refractivity contribution in [2.24, 2.45) is 0 Å². The highest BCUT2D eigenvalue weighted by Crippen LogP contribution is 2.42. The van der Waals surface area contributed by atoms with Crippen LogP contribution in [0.25, 0.3) is 132 Å². The molecule has 0 radical (unpaired) electrons. The van der Waals surface area contributed by atoms with Crippen molar-refractivity contribution in [3.8, 4) is 45.1 Å². The first-order chi connectivity index (χ1) is 31.7. The van der Waals surface area contributed by atoms with Crippen LogP contribution in [0.5, 0.6) is 0 Å². The minimum atomic E-state index is 0.916. The molecule has 3 heterocycles. The molecule has 64 heavy (non-hydrogen) atoms. The van der Waals surface area contributed by atoms with Crippen LogP contribution >= 0.6 is 0 Å². The van der Waals surface area contributed by atoms with Gasteiger partial charge in [0.15, 0.2) is 0 Å². The van der Waals surface area contributed by atoms with Gasteiger partial charge in [-0.1, -0.05) is 158 Å². The number of hydrogen-bond acceptors (Lipinski definition) is 2. The summed E-state index contributed by atoms with van der Waals surface area (Å²) in [5, 5.41) is 13.4. The van der Waals surface area contributed by atoms with E-state index in [9.17, 15) is 0 Å². The Labute approximate surface area is 367 Å². The van der Waals surface area contributed by atoms with Crippen LogP contribution in [0.15, 0.2) is 218 Å². The van der Waals surface area contributed by atoms with E-state index in [1.165, 1.54) is 48.5 Å². The zero-order valence-electron chi connectivity index (χ0n) is 34.6. The maximum Gasteiger partial charge on any atom is 0.145 e. The second kappa shape index (κ2) is 13.4. The van der Waals surface area contributed by atoms with Gasteiger partial charge in [0.25, 0.3) is 0 Å². The van der Waals surface area contributed by atoms with E-state index in [1.54, 1.807) is 0 Å². The van der Waals surface area contributed by atoms with Crippen LogP contribution < -0.4 is 0 Å². The number of benzene rings is 11. The van der Waals surface area contributed by atoms with E-state index >= 15 is 0 Å². The molecule has 11 aromatic carbocycles. The molecule has 14 aromatic rings. The van der Waals surface area contributed by atoms with Crippen LogP contribution in [-0.4, -0.2) is 19.1 Å². The molecule has 0 aliphatic heterocycles. The zero-order chi connectivity index (χ0) is 41.9. The van der Waals surface area contributed by atoms with E-state index in [0.717, 1.165) is 83.5 Å². The van der Waals surface area contributed by atoms with Crippen molar-refractivity contribution in [1.82, 2.24) is 19.1 Å². The minimum Gasteiger partial charge on any atom is -0.309 e. The highest BCUT2D eigenvalue weighted by Gasteiger charge is 2.21. The fourth-order valence-electron chi connectivity index (χ4n) is 10.5. The Hall–Kier alpha value is -8.60. The predicted octanol–water partition coefficient (Wildman–Crippen LogP) is 15.7. The smallest absolute Gasteiger partial charge is 0.145 e. The van der Waals surface area contributed by atoms with Crippen molar-refractivity contribution in [2.75, 3.05) is 0 Å². The van der Waals surface area contributed by atoms with Crippen molar-refractivity contribution in [3.05, 3.63) is 218 Å². The molecule has 4 nitrogen and oxygen atoms in total. The van der Waals surface area contributed by atoms with Gasteiger partial charge >= 0.3 is 0 Å². The van der Waals surface area contributed by atoms with Crippen molar-refractivity contribution in [2.45, 2.75) is 0 Å². The number of nitrogens with zero attached hydrogens (tertiary/aromatic N) is 4. The lowest BCUT2D eigenvalue weighted by Gasteiger charge is -2.17. The summed E-state index contributed by atoms with van der Waals surface area (Å²) in [7, 11) is 0. The lowest BCUT2D eigenvalue weighted by Crippen LogP contribution is -1.99. The monoisotopic (exact) mass is 812 g/mol. The minimum absolute atomic E-state index is 0.916. The molecule has 0 aliphatic carbocycles. The molecule has 0 N–H and O–H groups in total. The van der Waals surface area contributed by atoms with E-state index in [0.29, 0.717) is 0 Å². The van der Waals surface area contributed by atoms with E-state index in [-0.39, 0.29) is 0 Å². The predicted molar refractivity (Wildman–Crippen MR) is 268 cm³/mol. The number of fused-ring (bicyclic) bond motifs is 7. The highest BCUT2D eigenvalue weighted by atomic mass is 15.1. The maximum absolute atomic E-state index is 5.41. The molecule has 0 bridgehead atoms. The Balaban J connectivity index is 0.979. The first-order valence-electron chi connectivity index (χ1n) is 21.9. The summed E-state index contributed by atoms with van der Waals surface area (Å²) in [6, 6.07) is 79.1. The molecule has 0 saturated carbocycles. The summed E-state index contributed by atoms with van der Waals surface area (Å²) >= 11 is 0. The molecule has 14 rings (SSSR count). The largest absolute Gasteiger partial charge is 0.309 e. The van der Waals surface area contributed by atoms with Crippen LogP contribution in [-0.2, 0) is 0 Å². The van der Waals surface area contributed by atoms with E-state index in [4.69, 9.17) is 9.97 Å². The van der Waals surface area contributed by atoms with Crippen LogP contribution in [0.3, 0.4) is 0 Å². The first kappa shape index (κ1) is 35.0. The zero-order valence-corrected chi connectivity index (χ0v) is 34.6. The Kier molecular flexibility index (Phi) is 7.36.